The van der Waals surface area contributed by atoms with Crippen LogP contribution in [-0.2, 0) is 0 Å². The summed E-state index contributed by atoms with van der Waals surface area (Å²) in [4.78, 5) is 27.7. The molecule has 1 fully saturated rings. The van der Waals surface area contributed by atoms with Crippen LogP contribution in [0.15, 0.2) is 42.5 Å². The molecule has 1 heterocycles. The quantitative estimate of drug-likeness (QED) is 0.783. The van der Waals surface area contributed by atoms with Crippen LogP contribution in [0.2, 0.25) is 0 Å². The van der Waals surface area contributed by atoms with Crippen molar-refractivity contribution in [1.29, 1.82) is 0 Å². The first kappa shape index (κ1) is 19.9. The minimum absolute atomic E-state index is 0.0947. The predicted octanol–water partition coefficient (Wildman–Crippen LogP) is 4.38. The molecule has 2 amide bonds. The minimum Gasteiger partial charge on any atom is -0.371 e. The Morgan fingerprint density at radius 2 is 1.71 bits per heavy atom. The van der Waals surface area contributed by atoms with Crippen LogP contribution in [0.1, 0.15) is 59.4 Å². The number of amides is 2. The number of aryl methyl sites for hydroxylation is 1. The van der Waals surface area contributed by atoms with Gasteiger partial charge in [-0.05, 0) is 63.4 Å². The molecule has 2 aromatic carbocycles. The second-order valence-corrected chi connectivity index (χ2v) is 7.53. The molecule has 1 aliphatic heterocycles. The van der Waals surface area contributed by atoms with Gasteiger partial charge in [-0.3, -0.25) is 9.59 Å². The zero-order valence-electron chi connectivity index (χ0n) is 16.9. The number of hydrogen-bond acceptors (Lipinski definition) is 3. The molecule has 0 saturated carbocycles. The number of rotatable bonds is 6. The summed E-state index contributed by atoms with van der Waals surface area (Å²) in [5.74, 6) is -0.273. The van der Waals surface area contributed by atoms with E-state index in [1.54, 1.807) is 18.2 Å². The van der Waals surface area contributed by atoms with Crippen molar-refractivity contribution in [2.24, 2.45) is 0 Å². The van der Waals surface area contributed by atoms with E-state index >= 15 is 0 Å². The Morgan fingerprint density at radius 3 is 2.36 bits per heavy atom. The molecule has 0 aliphatic carbocycles. The van der Waals surface area contributed by atoms with Crippen LogP contribution in [0, 0.1) is 6.92 Å². The van der Waals surface area contributed by atoms with Crippen LogP contribution in [0.3, 0.4) is 0 Å². The van der Waals surface area contributed by atoms with Gasteiger partial charge in [-0.2, -0.15) is 0 Å². The van der Waals surface area contributed by atoms with Crippen molar-refractivity contribution in [3.8, 4) is 0 Å². The van der Waals surface area contributed by atoms with E-state index < -0.39 is 0 Å². The summed E-state index contributed by atoms with van der Waals surface area (Å²) in [7, 11) is 0. The highest BCUT2D eigenvalue weighted by Gasteiger charge is 2.21. The van der Waals surface area contributed by atoms with E-state index in [1.807, 2.05) is 45.0 Å². The molecule has 0 aromatic heterocycles. The maximum Gasteiger partial charge on any atom is 0.255 e. The van der Waals surface area contributed by atoms with Gasteiger partial charge in [-0.25, -0.2) is 0 Å². The van der Waals surface area contributed by atoms with Gasteiger partial charge in [-0.1, -0.05) is 24.6 Å². The number of carbonyl (C=O) groups is 2. The maximum atomic E-state index is 12.9. The monoisotopic (exact) mass is 379 g/mol. The molecule has 0 spiro atoms. The maximum absolute atomic E-state index is 12.9. The third-order valence-corrected chi connectivity index (χ3v) is 5.25. The molecule has 0 bridgehead atoms. The average molecular weight is 380 g/mol. The molecular formula is C23H29N3O2. The first-order chi connectivity index (χ1) is 13.5. The van der Waals surface area contributed by atoms with Gasteiger partial charge in [0.1, 0.15) is 0 Å². The second-order valence-electron chi connectivity index (χ2n) is 7.53. The average Bonchev–Trinajstić information content (AvgIpc) is 3.22. The molecule has 5 nitrogen and oxygen atoms in total. The minimum atomic E-state index is -0.179. The van der Waals surface area contributed by atoms with Gasteiger partial charge in [0, 0.05) is 36.1 Å². The molecule has 1 aliphatic rings. The van der Waals surface area contributed by atoms with Gasteiger partial charge in [0.05, 0.1) is 5.56 Å². The lowest BCUT2D eigenvalue weighted by Gasteiger charge is -2.23. The zero-order chi connectivity index (χ0) is 20.1. The Hall–Kier alpha value is -2.82. The Balaban J connectivity index is 1.85. The lowest BCUT2D eigenvalue weighted by atomic mass is 10.1. The summed E-state index contributed by atoms with van der Waals surface area (Å²) in [6, 6.07) is 13.1. The van der Waals surface area contributed by atoms with Crippen molar-refractivity contribution in [2.75, 3.05) is 23.3 Å². The van der Waals surface area contributed by atoms with Crippen LogP contribution in [0.4, 0.5) is 11.4 Å². The molecule has 1 saturated heterocycles. The molecule has 2 N–H and O–H groups in total. The van der Waals surface area contributed by atoms with E-state index in [4.69, 9.17) is 0 Å². The van der Waals surface area contributed by atoms with Crippen molar-refractivity contribution in [2.45, 2.75) is 46.1 Å². The molecule has 2 aromatic rings. The Kier molecular flexibility index (Phi) is 6.34. The first-order valence-corrected chi connectivity index (χ1v) is 10.1. The summed E-state index contributed by atoms with van der Waals surface area (Å²) in [6.45, 7) is 7.94. The predicted molar refractivity (Wildman–Crippen MR) is 114 cm³/mol. The van der Waals surface area contributed by atoms with Crippen LogP contribution in [-0.4, -0.2) is 30.9 Å². The lowest BCUT2D eigenvalue weighted by molar-refractivity contribution is 0.0938. The highest BCUT2D eigenvalue weighted by atomic mass is 16.2. The Bertz CT molecular complexity index is 839. The molecule has 28 heavy (non-hydrogen) atoms. The number of anilines is 2. The van der Waals surface area contributed by atoms with Crippen molar-refractivity contribution < 1.29 is 9.59 Å². The molecule has 5 heteroatoms. The standard InChI is InChI=1S/C23H29N3O2/c1-4-17(3)24-23(28)20-15-19(11-12-21(20)26-13-5-6-14-26)25-22(27)18-9-7-16(2)8-10-18/h7-12,15,17H,4-6,13-14H2,1-3H3,(H,24,28)(H,25,27)/t17-/m0/s1. The van der Waals surface area contributed by atoms with E-state index in [0.29, 0.717) is 16.8 Å². The van der Waals surface area contributed by atoms with Crippen molar-refractivity contribution in [3.05, 3.63) is 59.2 Å². The van der Waals surface area contributed by atoms with Crippen LogP contribution in [0.25, 0.3) is 0 Å². The number of benzene rings is 2. The number of hydrogen-bond donors (Lipinski definition) is 2. The van der Waals surface area contributed by atoms with E-state index in [-0.39, 0.29) is 17.9 Å². The van der Waals surface area contributed by atoms with E-state index in [9.17, 15) is 9.59 Å². The lowest BCUT2D eigenvalue weighted by Crippen LogP contribution is -2.33. The molecule has 0 radical (unpaired) electrons. The van der Waals surface area contributed by atoms with Crippen molar-refractivity contribution >= 4 is 23.2 Å². The Morgan fingerprint density at radius 1 is 1.04 bits per heavy atom. The van der Waals surface area contributed by atoms with Crippen LogP contribution in [0.5, 0.6) is 0 Å². The normalized spacial score (nSPS) is 14.6. The van der Waals surface area contributed by atoms with Gasteiger partial charge >= 0.3 is 0 Å². The van der Waals surface area contributed by atoms with Gasteiger partial charge in [-0.15, -0.1) is 0 Å². The molecule has 148 valence electrons. The third-order valence-electron chi connectivity index (χ3n) is 5.25. The van der Waals surface area contributed by atoms with Gasteiger partial charge in [0.2, 0.25) is 0 Å². The second kappa shape index (κ2) is 8.91. The molecule has 1 atom stereocenters. The van der Waals surface area contributed by atoms with E-state index in [0.717, 1.165) is 43.6 Å². The highest BCUT2D eigenvalue weighted by molar-refractivity contribution is 6.06. The summed E-state index contributed by atoms with van der Waals surface area (Å²) in [5, 5.41) is 5.97. The van der Waals surface area contributed by atoms with Crippen LogP contribution < -0.4 is 15.5 Å². The van der Waals surface area contributed by atoms with E-state index in [2.05, 4.69) is 15.5 Å². The first-order valence-electron chi connectivity index (χ1n) is 10.1. The topological polar surface area (TPSA) is 61.4 Å². The number of carbonyl (C=O) groups excluding carboxylic acids is 2. The molecule has 0 unspecified atom stereocenters. The van der Waals surface area contributed by atoms with Crippen molar-refractivity contribution in [3.63, 3.8) is 0 Å². The summed E-state index contributed by atoms with van der Waals surface area (Å²) in [6.07, 6.45) is 3.14. The SMILES string of the molecule is CC[C@H](C)NC(=O)c1cc(NC(=O)c2ccc(C)cc2)ccc1N1CCCC1. The molecule has 3 rings (SSSR count). The Labute approximate surface area is 167 Å². The zero-order valence-corrected chi connectivity index (χ0v) is 16.9. The fraction of sp³-hybridized carbons (Fsp3) is 0.391. The largest absolute Gasteiger partial charge is 0.371 e. The van der Waals surface area contributed by atoms with Gasteiger partial charge in [0.25, 0.3) is 11.8 Å². The smallest absolute Gasteiger partial charge is 0.255 e. The summed E-state index contributed by atoms with van der Waals surface area (Å²) < 4.78 is 0. The summed E-state index contributed by atoms with van der Waals surface area (Å²) >= 11 is 0. The number of nitrogens with one attached hydrogen (secondary N) is 2. The van der Waals surface area contributed by atoms with Gasteiger partial charge < -0.3 is 15.5 Å². The fourth-order valence-electron chi connectivity index (χ4n) is 3.34. The van der Waals surface area contributed by atoms with Crippen molar-refractivity contribution in [1.82, 2.24) is 5.32 Å². The van der Waals surface area contributed by atoms with Crippen LogP contribution >= 0.6 is 0 Å². The van der Waals surface area contributed by atoms with Gasteiger partial charge in [0.15, 0.2) is 0 Å². The fourth-order valence-corrected chi connectivity index (χ4v) is 3.34. The highest BCUT2D eigenvalue weighted by Crippen LogP contribution is 2.28. The third kappa shape index (κ3) is 4.71. The number of nitrogens with zero attached hydrogens (tertiary/aromatic N) is 1. The summed E-state index contributed by atoms with van der Waals surface area (Å²) in [5.41, 5.74) is 3.88. The molecular weight excluding hydrogens is 350 g/mol. The van der Waals surface area contributed by atoms with E-state index in [1.165, 1.54) is 0 Å².